The third-order valence-corrected chi connectivity index (χ3v) is 4.15. The van der Waals surface area contributed by atoms with Crippen LogP contribution in [0, 0.1) is 0 Å². The van der Waals surface area contributed by atoms with Crippen molar-refractivity contribution in [3.8, 4) is 0 Å². The van der Waals surface area contributed by atoms with Crippen LogP contribution in [0.5, 0.6) is 0 Å². The number of thiocarbonyl (C=S) groups is 1. The molecular weight excluding hydrogens is 236 g/mol. The Hall–Kier alpha value is -1.00. The van der Waals surface area contributed by atoms with Crippen LogP contribution in [0.3, 0.4) is 0 Å². The minimum absolute atomic E-state index is 0.867. The fraction of sp³-hybridized carbons (Fsp3) is 0.333. The van der Waals surface area contributed by atoms with Gasteiger partial charge in [0.25, 0.3) is 0 Å². The molecule has 0 spiro atoms. The Balaban J connectivity index is 2.36. The first-order valence-electron chi connectivity index (χ1n) is 5.41. The Morgan fingerprint density at radius 1 is 1.31 bits per heavy atom. The van der Waals surface area contributed by atoms with Gasteiger partial charge in [0.05, 0.1) is 10.2 Å². The molecule has 0 saturated heterocycles. The summed E-state index contributed by atoms with van der Waals surface area (Å²) in [4.78, 5) is 7.59. The zero-order valence-electron chi connectivity index (χ0n) is 9.43. The van der Waals surface area contributed by atoms with Gasteiger partial charge in [-0.2, -0.15) is 0 Å². The predicted octanol–water partition coefficient (Wildman–Crippen LogP) is 3.31. The molecule has 0 amide bonds. The average molecular weight is 250 g/mol. The van der Waals surface area contributed by atoms with Crippen molar-refractivity contribution >= 4 is 38.8 Å². The number of aromatic nitrogens is 1. The van der Waals surface area contributed by atoms with Crippen LogP contribution in [0.4, 0.5) is 0 Å². The number of rotatable bonds is 3. The number of fused-ring (bicyclic) bond motifs is 1. The molecule has 0 fully saturated rings. The highest BCUT2D eigenvalue weighted by Crippen LogP contribution is 2.22. The first-order valence-corrected chi connectivity index (χ1v) is 6.63. The van der Waals surface area contributed by atoms with Crippen molar-refractivity contribution in [2.24, 2.45) is 0 Å². The van der Waals surface area contributed by atoms with E-state index in [1.54, 1.807) is 11.3 Å². The maximum atomic E-state index is 5.46. The molecule has 84 valence electrons. The summed E-state index contributed by atoms with van der Waals surface area (Å²) in [5.41, 5.74) is 1.04. The molecule has 16 heavy (non-hydrogen) atoms. The zero-order chi connectivity index (χ0) is 11.5. The third kappa shape index (κ3) is 2.08. The first kappa shape index (κ1) is 11.5. The third-order valence-electron chi connectivity index (χ3n) is 2.53. The minimum Gasteiger partial charge on any atom is -0.361 e. The summed E-state index contributed by atoms with van der Waals surface area (Å²) in [6.07, 6.45) is 0. The van der Waals surface area contributed by atoms with Crippen molar-refractivity contribution in [2.75, 3.05) is 13.1 Å². The molecule has 0 radical (unpaired) electrons. The molecule has 4 heteroatoms. The van der Waals surface area contributed by atoms with E-state index in [4.69, 9.17) is 12.2 Å². The first-order chi connectivity index (χ1) is 7.76. The van der Waals surface area contributed by atoms with Crippen molar-refractivity contribution in [2.45, 2.75) is 13.8 Å². The molecule has 1 aromatic heterocycles. The van der Waals surface area contributed by atoms with Crippen LogP contribution in [0.2, 0.25) is 0 Å². The van der Waals surface area contributed by atoms with E-state index in [-0.39, 0.29) is 0 Å². The van der Waals surface area contributed by atoms with Gasteiger partial charge in [0.1, 0.15) is 4.99 Å². The molecule has 0 aliphatic heterocycles. The van der Waals surface area contributed by atoms with Crippen LogP contribution in [0.1, 0.15) is 18.9 Å². The van der Waals surface area contributed by atoms with Crippen LogP contribution >= 0.6 is 23.6 Å². The van der Waals surface area contributed by atoms with Crippen LogP contribution in [-0.2, 0) is 0 Å². The maximum absolute atomic E-state index is 5.46. The van der Waals surface area contributed by atoms with Crippen molar-refractivity contribution in [1.29, 1.82) is 0 Å². The van der Waals surface area contributed by atoms with E-state index in [9.17, 15) is 0 Å². The van der Waals surface area contributed by atoms with Gasteiger partial charge < -0.3 is 4.90 Å². The second-order valence-electron chi connectivity index (χ2n) is 3.46. The molecule has 0 bridgehead atoms. The molecule has 0 unspecified atom stereocenters. The maximum Gasteiger partial charge on any atom is 0.152 e. The molecule has 0 saturated carbocycles. The van der Waals surface area contributed by atoms with E-state index in [2.05, 4.69) is 29.8 Å². The van der Waals surface area contributed by atoms with E-state index in [0.717, 1.165) is 28.6 Å². The minimum atomic E-state index is 0.867. The zero-order valence-corrected chi connectivity index (χ0v) is 11.1. The van der Waals surface area contributed by atoms with E-state index in [1.807, 2.05) is 18.2 Å². The smallest absolute Gasteiger partial charge is 0.152 e. The lowest BCUT2D eigenvalue weighted by Crippen LogP contribution is -2.29. The molecule has 2 aromatic rings. The van der Waals surface area contributed by atoms with E-state index < -0.39 is 0 Å². The summed E-state index contributed by atoms with van der Waals surface area (Å²) in [5.74, 6) is 0. The van der Waals surface area contributed by atoms with Crippen LogP contribution in [0.25, 0.3) is 10.2 Å². The van der Waals surface area contributed by atoms with E-state index >= 15 is 0 Å². The number of hydrogen-bond donors (Lipinski definition) is 0. The largest absolute Gasteiger partial charge is 0.361 e. The van der Waals surface area contributed by atoms with Gasteiger partial charge in [0, 0.05) is 13.1 Å². The average Bonchev–Trinajstić information content (AvgIpc) is 2.74. The lowest BCUT2D eigenvalue weighted by molar-refractivity contribution is 0.474. The molecular formula is C12H14N2S2. The summed E-state index contributed by atoms with van der Waals surface area (Å²) in [7, 11) is 0. The Morgan fingerprint density at radius 3 is 2.62 bits per heavy atom. The molecule has 2 nitrogen and oxygen atoms in total. The molecule has 0 atom stereocenters. The quantitative estimate of drug-likeness (QED) is 0.777. The van der Waals surface area contributed by atoms with Crippen LogP contribution in [0.15, 0.2) is 24.3 Å². The van der Waals surface area contributed by atoms with Crippen molar-refractivity contribution in [3.05, 3.63) is 29.3 Å². The summed E-state index contributed by atoms with van der Waals surface area (Å²) < 4.78 is 1.20. The number of thiazole rings is 1. The molecule has 1 heterocycles. The van der Waals surface area contributed by atoms with Crippen LogP contribution in [-0.4, -0.2) is 28.0 Å². The number of para-hydroxylation sites is 1. The Labute approximate surface area is 105 Å². The van der Waals surface area contributed by atoms with Gasteiger partial charge in [-0.3, -0.25) is 0 Å². The molecule has 0 N–H and O–H groups in total. The van der Waals surface area contributed by atoms with Gasteiger partial charge in [-0.15, -0.1) is 11.3 Å². The Kier molecular flexibility index (Phi) is 3.51. The van der Waals surface area contributed by atoms with Crippen molar-refractivity contribution < 1.29 is 0 Å². The van der Waals surface area contributed by atoms with E-state index in [1.165, 1.54) is 4.70 Å². The van der Waals surface area contributed by atoms with Crippen molar-refractivity contribution in [1.82, 2.24) is 9.88 Å². The lowest BCUT2D eigenvalue weighted by Gasteiger charge is -2.19. The van der Waals surface area contributed by atoms with Gasteiger partial charge in [-0.1, -0.05) is 24.4 Å². The van der Waals surface area contributed by atoms with Gasteiger partial charge in [0.15, 0.2) is 5.01 Å². The fourth-order valence-corrected chi connectivity index (χ4v) is 2.97. The summed E-state index contributed by atoms with van der Waals surface area (Å²) >= 11 is 7.13. The number of hydrogen-bond acceptors (Lipinski definition) is 3. The molecule has 0 aliphatic carbocycles. The summed E-state index contributed by atoms with van der Waals surface area (Å²) in [5, 5.41) is 0.958. The summed E-state index contributed by atoms with van der Waals surface area (Å²) in [6, 6.07) is 8.15. The molecule has 0 aliphatic rings. The molecule has 2 rings (SSSR count). The fourth-order valence-electron chi connectivity index (χ4n) is 1.61. The Morgan fingerprint density at radius 2 is 2.00 bits per heavy atom. The van der Waals surface area contributed by atoms with Gasteiger partial charge in [-0.25, -0.2) is 4.98 Å². The standard InChI is InChI=1S/C12H14N2S2/c1-3-14(4-2)12(15)11-13-9-7-5-6-8-10(9)16-11/h5-8H,3-4H2,1-2H3. The lowest BCUT2D eigenvalue weighted by atomic mass is 10.3. The number of benzene rings is 1. The highest BCUT2D eigenvalue weighted by Gasteiger charge is 2.12. The van der Waals surface area contributed by atoms with E-state index in [0.29, 0.717) is 0 Å². The topological polar surface area (TPSA) is 16.1 Å². The second kappa shape index (κ2) is 4.89. The predicted molar refractivity (Wildman–Crippen MR) is 74.2 cm³/mol. The van der Waals surface area contributed by atoms with Gasteiger partial charge in [-0.05, 0) is 26.0 Å². The molecule has 1 aromatic carbocycles. The highest BCUT2D eigenvalue weighted by atomic mass is 32.1. The second-order valence-corrected chi connectivity index (χ2v) is 4.88. The number of nitrogens with zero attached hydrogens (tertiary/aromatic N) is 2. The summed E-state index contributed by atoms with van der Waals surface area (Å²) in [6.45, 7) is 6.10. The SMILES string of the molecule is CCN(CC)C(=S)c1nc2ccccc2s1. The monoisotopic (exact) mass is 250 g/mol. The van der Waals surface area contributed by atoms with Gasteiger partial charge in [0.2, 0.25) is 0 Å². The van der Waals surface area contributed by atoms with Crippen LogP contribution < -0.4 is 0 Å². The normalized spacial score (nSPS) is 10.6. The highest BCUT2D eigenvalue weighted by molar-refractivity contribution is 7.81. The van der Waals surface area contributed by atoms with Crippen molar-refractivity contribution in [3.63, 3.8) is 0 Å². The Bertz CT molecular complexity index is 467. The van der Waals surface area contributed by atoms with Gasteiger partial charge >= 0.3 is 0 Å².